The van der Waals surface area contributed by atoms with E-state index in [1.165, 1.54) is 6.07 Å². The largest absolute Gasteiger partial charge is 0.444 e. The first-order valence-corrected chi connectivity index (χ1v) is 13.2. The van der Waals surface area contributed by atoms with E-state index in [0.717, 1.165) is 54.9 Å². The van der Waals surface area contributed by atoms with Gasteiger partial charge in [-0.15, -0.1) is 5.10 Å². The van der Waals surface area contributed by atoms with E-state index in [1.54, 1.807) is 25.3 Å². The van der Waals surface area contributed by atoms with Crippen LogP contribution in [0.5, 0.6) is 11.5 Å². The first-order valence-electron chi connectivity index (χ1n) is 12.8. The van der Waals surface area contributed by atoms with Crippen molar-refractivity contribution in [2.24, 2.45) is 0 Å². The van der Waals surface area contributed by atoms with Crippen molar-refractivity contribution in [1.82, 2.24) is 25.1 Å². The Labute approximate surface area is 230 Å². The summed E-state index contributed by atoms with van der Waals surface area (Å²) < 4.78 is 27.2. The molecule has 198 valence electrons. The van der Waals surface area contributed by atoms with Gasteiger partial charge >= 0.3 is 0 Å². The molecule has 0 spiro atoms. The number of halogens is 2. The summed E-state index contributed by atoms with van der Waals surface area (Å²) in [5, 5.41) is 15.9. The molecule has 1 saturated heterocycles. The number of benzene rings is 2. The maximum atomic E-state index is 14.7. The smallest absolute Gasteiger partial charge is 0.278 e. The van der Waals surface area contributed by atoms with Gasteiger partial charge in [-0.2, -0.15) is 10.2 Å². The molecule has 0 amide bonds. The van der Waals surface area contributed by atoms with Gasteiger partial charge in [0.25, 0.3) is 11.6 Å². The lowest BCUT2D eigenvalue weighted by molar-refractivity contribution is -0.0712. The molecule has 2 aromatic carbocycles. The molecule has 1 N–H and O–H groups in total. The molecule has 8 nitrogen and oxygen atoms in total. The number of fused-ring (bicyclic) bond motifs is 1. The van der Waals surface area contributed by atoms with Crippen LogP contribution in [-0.4, -0.2) is 38.2 Å². The van der Waals surface area contributed by atoms with Crippen LogP contribution in [0.25, 0.3) is 11.4 Å². The number of nitrogens with zero attached hydrogens (tertiary/aromatic N) is 5. The highest BCUT2D eigenvalue weighted by molar-refractivity contribution is 6.30. The lowest BCUT2D eigenvalue weighted by Crippen LogP contribution is -2.34. The normalized spacial score (nSPS) is 19.3. The number of aromatic nitrogens is 4. The molecule has 2 aliphatic rings. The van der Waals surface area contributed by atoms with Crippen molar-refractivity contribution in [2.45, 2.75) is 44.9 Å². The van der Waals surface area contributed by atoms with Gasteiger partial charge in [0, 0.05) is 35.8 Å². The number of piperidine rings is 1. The van der Waals surface area contributed by atoms with Crippen molar-refractivity contribution < 1.29 is 13.9 Å². The molecule has 0 aliphatic carbocycles. The summed E-state index contributed by atoms with van der Waals surface area (Å²) in [4.78, 5) is 11.2. The molecule has 39 heavy (non-hydrogen) atoms. The maximum Gasteiger partial charge on any atom is 0.278 e. The molecule has 2 aliphatic heterocycles. The molecule has 0 radical (unpaired) electrons. The molecule has 10 heteroatoms. The Morgan fingerprint density at radius 1 is 1.21 bits per heavy atom. The van der Waals surface area contributed by atoms with E-state index < -0.39 is 11.6 Å². The summed E-state index contributed by atoms with van der Waals surface area (Å²) in [6.45, 7) is 6.34. The quantitative estimate of drug-likeness (QED) is 0.336. The van der Waals surface area contributed by atoms with Crippen molar-refractivity contribution in [2.75, 3.05) is 13.1 Å². The first-order chi connectivity index (χ1) is 18.8. The van der Waals surface area contributed by atoms with Crippen LogP contribution in [-0.2, 0) is 12.3 Å². The maximum absolute atomic E-state index is 14.7. The Bertz CT molecular complexity index is 1590. The minimum atomic E-state index is -1.26. The number of likely N-dealkylation sites (tertiary alicyclic amines) is 1. The highest BCUT2D eigenvalue weighted by atomic mass is 35.5. The zero-order valence-electron chi connectivity index (χ0n) is 21.5. The third-order valence-electron chi connectivity index (χ3n) is 7.48. The standard InChI is InChI=1S/C29H26ClFN6O2/c1-17-12-19(28-34-26(14-32)35-36-28)15-33-24(17)16-37-10-8-18(9-11-37)21-4-3-5-25-27(21)39-29(2,38-25)22-7-6-20(30)13-23(22)31/h3-7,12-13,15,18H,8-11,16H2,1-2H3,(H,34,35,36)/t29-/m0/s1. The number of aryl methyl sites for hydroxylation is 1. The molecule has 4 heterocycles. The third-order valence-corrected chi connectivity index (χ3v) is 7.71. The summed E-state index contributed by atoms with van der Waals surface area (Å²) in [7, 11) is 0. The number of hydrogen-bond donors (Lipinski definition) is 1. The number of aromatic amines is 1. The summed E-state index contributed by atoms with van der Waals surface area (Å²) in [5.41, 5.74) is 4.27. The highest BCUT2D eigenvalue weighted by Crippen LogP contribution is 2.49. The van der Waals surface area contributed by atoms with Crippen LogP contribution in [0.3, 0.4) is 0 Å². The van der Waals surface area contributed by atoms with Gasteiger partial charge in [-0.05, 0) is 74.7 Å². The average molecular weight is 545 g/mol. The second-order valence-electron chi connectivity index (χ2n) is 10.1. The van der Waals surface area contributed by atoms with E-state index in [9.17, 15) is 4.39 Å². The predicted molar refractivity (Wildman–Crippen MR) is 143 cm³/mol. The number of hydrogen-bond acceptors (Lipinski definition) is 7. The Morgan fingerprint density at radius 3 is 2.74 bits per heavy atom. The third kappa shape index (κ3) is 4.82. The Hall–Kier alpha value is -4.00. The van der Waals surface area contributed by atoms with Crippen molar-refractivity contribution in [3.8, 4) is 29.0 Å². The molecule has 0 unspecified atom stereocenters. The van der Waals surface area contributed by atoms with E-state index in [-0.39, 0.29) is 5.82 Å². The number of H-pyrrole nitrogens is 1. The average Bonchev–Trinajstić information content (AvgIpc) is 3.54. The number of nitrogens with one attached hydrogen (secondary N) is 1. The van der Waals surface area contributed by atoms with Crippen LogP contribution in [0.2, 0.25) is 5.02 Å². The van der Waals surface area contributed by atoms with E-state index in [4.69, 9.17) is 26.3 Å². The van der Waals surface area contributed by atoms with Crippen molar-refractivity contribution in [3.05, 3.63) is 87.7 Å². The Morgan fingerprint density at radius 2 is 2.03 bits per heavy atom. The van der Waals surface area contributed by atoms with Gasteiger partial charge < -0.3 is 9.47 Å². The highest BCUT2D eigenvalue weighted by Gasteiger charge is 2.42. The summed E-state index contributed by atoms with van der Waals surface area (Å²) in [6.07, 6.45) is 3.68. The molecule has 1 fully saturated rings. The van der Waals surface area contributed by atoms with Gasteiger partial charge in [-0.3, -0.25) is 15.0 Å². The molecule has 0 saturated carbocycles. The molecule has 6 rings (SSSR count). The van der Waals surface area contributed by atoms with Gasteiger partial charge in [0.1, 0.15) is 11.9 Å². The molecule has 2 aromatic heterocycles. The topological polar surface area (TPSA) is 100.0 Å². The van der Waals surface area contributed by atoms with Gasteiger partial charge in [-0.1, -0.05) is 23.7 Å². The van der Waals surface area contributed by atoms with Gasteiger partial charge in [0.2, 0.25) is 0 Å². The van der Waals surface area contributed by atoms with Gasteiger partial charge in [0.05, 0.1) is 11.3 Å². The molecule has 1 atom stereocenters. The van der Waals surface area contributed by atoms with Crippen molar-refractivity contribution in [3.63, 3.8) is 0 Å². The minimum Gasteiger partial charge on any atom is -0.444 e. The van der Waals surface area contributed by atoms with Crippen LogP contribution < -0.4 is 9.47 Å². The fourth-order valence-electron chi connectivity index (χ4n) is 5.39. The van der Waals surface area contributed by atoms with Gasteiger partial charge in [-0.25, -0.2) is 4.39 Å². The fourth-order valence-corrected chi connectivity index (χ4v) is 5.55. The second-order valence-corrected chi connectivity index (χ2v) is 10.5. The van der Waals surface area contributed by atoms with Gasteiger partial charge in [0.15, 0.2) is 17.3 Å². The van der Waals surface area contributed by atoms with Crippen molar-refractivity contribution in [1.29, 1.82) is 5.26 Å². The molecule has 0 bridgehead atoms. The predicted octanol–water partition coefficient (Wildman–Crippen LogP) is 5.86. The van der Waals surface area contributed by atoms with Crippen LogP contribution in [0, 0.1) is 24.1 Å². The fraction of sp³-hybridized carbons (Fsp3) is 0.310. The lowest BCUT2D eigenvalue weighted by atomic mass is 9.88. The second kappa shape index (κ2) is 9.95. The summed E-state index contributed by atoms with van der Waals surface area (Å²) in [6, 6.07) is 14.4. The van der Waals surface area contributed by atoms with Crippen LogP contribution in [0.15, 0.2) is 48.7 Å². The number of para-hydroxylation sites is 1. The number of nitriles is 1. The SMILES string of the molecule is Cc1cc(-c2nc(C#N)n[nH]2)cnc1CN1CCC(c2cccc3c2O[C@@](C)(c2ccc(Cl)cc2F)O3)CC1. The van der Waals surface area contributed by atoms with Crippen molar-refractivity contribution >= 4 is 11.6 Å². The number of rotatable bonds is 5. The number of pyridine rings is 1. The van der Waals surface area contributed by atoms with Crippen LogP contribution >= 0.6 is 11.6 Å². The summed E-state index contributed by atoms with van der Waals surface area (Å²) in [5.74, 6) is 0.536. The minimum absolute atomic E-state index is 0.109. The monoisotopic (exact) mass is 544 g/mol. The molecular formula is C29H26ClFN6O2. The zero-order valence-corrected chi connectivity index (χ0v) is 22.3. The zero-order chi connectivity index (χ0) is 27.1. The van der Waals surface area contributed by atoms with E-state index in [2.05, 4.69) is 31.1 Å². The lowest BCUT2D eigenvalue weighted by Gasteiger charge is -2.32. The van der Waals surface area contributed by atoms with E-state index in [0.29, 0.717) is 33.8 Å². The Kier molecular flexibility index (Phi) is 6.45. The summed E-state index contributed by atoms with van der Waals surface area (Å²) >= 11 is 5.95. The first kappa shape index (κ1) is 25.3. The van der Waals surface area contributed by atoms with E-state index in [1.807, 2.05) is 31.2 Å². The number of ether oxygens (including phenoxy) is 2. The molecular weight excluding hydrogens is 519 g/mol. The van der Waals surface area contributed by atoms with E-state index >= 15 is 0 Å². The van der Waals surface area contributed by atoms with Crippen LogP contribution in [0.4, 0.5) is 4.39 Å². The molecule has 4 aromatic rings. The Balaban J connectivity index is 1.13. The van der Waals surface area contributed by atoms with Crippen LogP contribution in [0.1, 0.15) is 53.9 Å².